The van der Waals surface area contributed by atoms with E-state index in [-0.39, 0.29) is 0 Å². The molecular formula is C10H7Br2Cl2NO3. The number of carboxylic acid groups (broad SMARTS) is 1. The number of carboxylic acids is 1. The van der Waals surface area contributed by atoms with E-state index in [1.54, 1.807) is 6.07 Å². The van der Waals surface area contributed by atoms with Gasteiger partial charge in [-0.2, -0.15) is 0 Å². The van der Waals surface area contributed by atoms with Crippen LogP contribution in [-0.2, 0) is 9.59 Å². The van der Waals surface area contributed by atoms with Crippen LogP contribution in [0.5, 0.6) is 0 Å². The first-order valence-electron chi connectivity index (χ1n) is 4.59. The molecule has 1 amide bonds. The maximum atomic E-state index is 11.7. The lowest BCUT2D eigenvalue weighted by Crippen LogP contribution is -2.34. The summed E-state index contributed by atoms with van der Waals surface area (Å²) >= 11 is 17.4. The van der Waals surface area contributed by atoms with Crippen LogP contribution in [0, 0.1) is 0 Å². The van der Waals surface area contributed by atoms with Gasteiger partial charge in [0.25, 0.3) is 0 Å². The van der Waals surface area contributed by atoms with Crippen molar-refractivity contribution in [2.45, 2.75) is 9.65 Å². The second-order valence-electron chi connectivity index (χ2n) is 3.26. The molecule has 1 aromatic carbocycles. The third kappa shape index (κ3) is 4.12. The van der Waals surface area contributed by atoms with Crippen molar-refractivity contribution in [1.82, 2.24) is 0 Å². The Hall–Kier alpha value is -0.300. The molecule has 0 aliphatic carbocycles. The number of carbonyl (C=O) groups is 2. The molecule has 0 spiro atoms. The van der Waals surface area contributed by atoms with Crippen LogP contribution in [0.4, 0.5) is 5.69 Å². The number of benzene rings is 1. The molecule has 2 atom stereocenters. The van der Waals surface area contributed by atoms with Crippen molar-refractivity contribution in [2.24, 2.45) is 0 Å². The van der Waals surface area contributed by atoms with Crippen molar-refractivity contribution in [3.05, 3.63) is 28.2 Å². The zero-order valence-electron chi connectivity index (χ0n) is 8.66. The van der Waals surface area contributed by atoms with E-state index in [4.69, 9.17) is 28.3 Å². The highest BCUT2D eigenvalue weighted by Gasteiger charge is 2.29. The molecule has 4 nitrogen and oxygen atoms in total. The van der Waals surface area contributed by atoms with Crippen molar-refractivity contribution >= 4 is 72.6 Å². The second-order valence-corrected chi connectivity index (χ2v) is 6.05. The van der Waals surface area contributed by atoms with E-state index in [1.165, 1.54) is 12.1 Å². The molecule has 8 heteroatoms. The fourth-order valence-electron chi connectivity index (χ4n) is 1.04. The fraction of sp³-hybridized carbons (Fsp3) is 0.200. The molecule has 0 heterocycles. The molecule has 0 radical (unpaired) electrons. The minimum absolute atomic E-state index is 0.300. The summed E-state index contributed by atoms with van der Waals surface area (Å²) in [7, 11) is 0. The van der Waals surface area contributed by atoms with Crippen molar-refractivity contribution in [2.75, 3.05) is 5.32 Å². The SMILES string of the molecule is O=C(Nc1ccc(Cl)c(Cl)c1)[C@@H](Br)[C@@H](Br)C(=O)O. The first kappa shape index (κ1) is 15.8. The van der Waals surface area contributed by atoms with Gasteiger partial charge in [-0.3, -0.25) is 9.59 Å². The van der Waals surface area contributed by atoms with Gasteiger partial charge in [0.15, 0.2) is 0 Å². The Labute approximate surface area is 130 Å². The molecule has 0 fully saturated rings. The van der Waals surface area contributed by atoms with E-state index in [0.29, 0.717) is 15.7 Å². The lowest BCUT2D eigenvalue weighted by molar-refractivity contribution is -0.137. The van der Waals surface area contributed by atoms with Crippen molar-refractivity contribution in [3.63, 3.8) is 0 Å². The molecular weight excluding hydrogens is 413 g/mol. The summed E-state index contributed by atoms with van der Waals surface area (Å²) < 4.78 is 0. The molecule has 0 aromatic heterocycles. The number of halogens is 4. The Morgan fingerprint density at radius 2 is 1.78 bits per heavy atom. The molecule has 98 valence electrons. The first-order valence-corrected chi connectivity index (χ1v) is 7.18. The zero-order chi connectivity index (χ0) is 13.9. The Kier molecular flexibility index (Phi) is 5.91. The standard InChI is InChI=1S/C10H7Br2Cl2NO3/c11-7(8(12)10(17)18)9(16)15-4-1-2-5(13)6(14)3-4/h1-3,7-8H,(H,15,16)(H,17,18)/t7-,8+/m0/s1. The average molecular weight is 420 g/mol. The predicted molar refractivity (Wildman–Crippen MR) is 78.2 cm³/mol. The Bertz CT molecular complexity index is 484. The summed E-state index contributed by atoms with van der Waals surface area (Å²) in [5.41, 5.74) is 0.434. The highest BCUT2D eigenvalue weighted by atomic mass is 79.9. The third-order valence-corrected chi connectivity index (χ3v) is 5.24. The van der Waals surface area contributed by atoms with E-state index in [2.05, 4.69) is 37.2 Å². The highest BCUT2D eigenvalue weighted by molar-refractivity contribution is 9.12. The van der Waals surface area contributed by atoms with Gasteiger partial charge in [-0.1, -0.05) is 55.1 Å². The predicted octanol–water partition coefficient (Wildman–Crippen LogP) is 3.54. The van der Waals surface area contributed by atoms with E-state index in [1.807, 2.05) is 0 Å². The number of alkyl halides is 2. The van der Waals surface area contributed by atoms with Crippen molar-refractivity contribution in [1.29, 1.82) is 0 Å². The lowest BCUT2D eigenvalue weighted by atomic mass is 10.2. The molecule has 1 aromatic rings. The van der Waals surface area contributed by atoms with Crippen LogP contribution < -0.4 is 5.32 Å². The fourth-order valence-corrected chi connectivity index (χ4v) is 1.92. The summed E-state index contributed by atoms with van der Waals surface area (Å²) in [4.78, 5) is 20.5. The van der Waals surface area contributed by atoms with Gasteiger partial charge < -0.3 is 10.4 Å². The number of hydrogen-bond acceptors (Lipinski definition) is 2. The topological polar surface area (TPSA) is 66.4 Å². The third-order valence-electron chi connectivity index (χ3n) is 1.93. The molecule has 0 saturated heterocycles. The monoisotopic (exact) mass is 417 g/mol. The van der Waals surface area contributed by atoms with Crippen LogP contribution >= 0.6 is 55.1 Å². The molecule has 0 saturated carbocycles. The van der Waals surface area contributed by atoms with Gasteiger partial charge in [-0.05, 0) is 18.2 Å². The molecule has 0 bridgehead atoms. The van der Waals surface area contributed by atoms with Gasteiger partial charge in [-0.25, -0.2) is 0 Å². The van der Waals surface area contributed by atoms with Gasteiger partial charge in [0.2, 0.25) is 5.91 Å². The average Bonchev–Trinajstić information content (AvgIpc) is 2.31. The summed E-state index contributed by atoms with van der Waals surface area (Å²) in [6.07, 6.45) is 0. The molecule has 18 heavy (non-hydrogen) atoms. The van der Waals surface area contributed by atoms with Crippen molar-refractivity contribution in [3.8, 4) is 0 Å². The Morgan fingerprint density at radius 3 is 2.28 bits per heavy atom. The number of nitrogens with one attached hydrogen (secondary N) is 1. The first-order chi connectivity index (χ1) is 8.32. The molecule has 0 unspecified atom stereocenters. The van der Waals surface area contributed by atoms with Crippen molar-refractivity contribution < 1.29 is 14.7 Å². The maximum Gasteiger partial charge on any atom is 0.318 e. The summed E-state index contributed by atoms with van der Waals surface area (Å²) in [6.45, 7) is 0. The van der Waals surface area contributed by atoms with E-state index >= 15 is 0 Å². The van der Waals surface area contributed by atoms with Gasteiger partial charge in [0.1, 0.15) is 9.65 Å². The van der Waals surface area contributed by atoms with Crippen LogP contribution in [0.2, 0.25) is 10.0 Å². The van der Waals surface area contributed by atoms with Crippen LogP contribution in [0.15, 0.2) is 18.2 Å². The zero-order valence-corrected chi connectivity index (χ0v) is 13.3. The van der Waals surface area contributed by atoms with Gasteiger partial charge in [0.05, 0.1) is 10.0 Å². The number of amides is 1. The largest absolute Gasteiger partial charge is 0.480 e. The second kappa shape index (κ2) is 6.75. The number of rotatable bonds is 4. The summed E-state index contributed by atoms with van der Waals surface area (Å²) in [6, 6.07) is 4.58. The minimum Gasteiger partial charge on any atom is -0.480 e. The molecule has 0 aliphatic rings. The van der Waals surface area contributed by atoms with Crippen LogP contribution in [0.3, 0.4) is 0 Å². The maximum absolute atomic E-state index is 11.7. The number of aliphatic carboxylic acids is 1. The normalized spacial score (nSPS) is 13.8. The van der Waals surface area contributed by atoms with Gasteiger partial charge in [-0.15, -0.1) is 0 Å². The minimum atomic E-state index is -1.14. The van der Waals surface area contributed by atoms with E-state index < -0.39 is 21.5 Å². The van der Waals surface area contributed by atoms with E-state index in [9.17, 15) is 9.59 Å². The number of carbonyl (C=O) groups excluding carboxylic acids is 1. The molecule has 2 N–H and O–H groups in total. The number of hydrogen-bond donors (Lipinski definition) is 2. The molecule has 0 aliphatic heterocycles. The highest BCUT2D eigenvalue weighted by Crippen LogP contribution is 2.25. The van der Waals surface area contributed by atoms with Gasteiger partial charge >= 0.3 is 5.97 Å². The Morgan fingerprint density at radius 1 is 1.17 bits per heavy atom. The van der Waals surface area contributed by atoms with Crippen LogP contribution in [-0.4, -0.2) is 26.6 Å². The molecule has 1 rings (SSSR count). The smallest absolute Gasteiger partial charge is 0.318 e. The summed E-state index contributed by atoms with van der Waals surface area (Å²) in [5.74, 6) is -1.64. The number of anilines is 1. The summed E-state index contributed by atoms with van der Waals surface area (Å²) in [5, 5.41) is 11.9. The Balaban J connectivity index is 2.75. The van der Waals surface area contributed by atoms with E-state index in [0.717, 1.165) is 0 Å². The van der Waals surface area contributed by atoms with Crippen LogP contribution in [0.1, 0.15) is 0 Å². The lowest BCUT2D eigenvalue weighted by Gasteiger charge is -2.13. The van der Waals surface area contributed by atoms with Crippen LogP contribution in [0.25, 0.3) is 0 Å². The van der Waals surface area contributed by atoms with Gasteiger partial charge in [0, 0.05) is 5.69 Å². The quantitative estimate of drug-likeness (QED) is 0.733.